The number of methoxy groups -OCH3 is 1. The standard InChI is InChI=1S/C20H24FN5O/c1-3-6-15(13-16(22)7-5-12-27-2)17(23)14-26-11-10-24-20(26)18-8-4-9-19(21)25-18/h4,8-11,13H,3,6,12,14,22-23H2,1-2H3/b16-13-,17-15-. The van der Waals surface area contributed by atoms with Crippen molar-refractivity contribution in [3.8, 4) is 23.4 Å². The summed E-state index contributed by atoms with van der Waals surface area (Å²) in [5.74, 6) is 5.64. The highest BCUT2D eigenvalue weighted by Gasteiger charge is 2.10. The molecule has 2 rings (SSSR count). The number of rotatable bonds is 7. The molecule has 0 aliphatic heterocycles. The van der Waals surface area contributed by atoms with E-state index >= 15 is 0 Å². The van der Waals surface area contributed by atoms with E-state index in [4.69, 9.17) is 16.2 Å². The predicted molar refractivity (Wildman–Crippen MR) is 103 cm³/mol. The van der Waals surface area contributed by atoms with Gasteiger partial charge in [-0.3, -0.25) is 0 Å². The van der Waals surface area contributed by atoms with Gasteiger partial charge in [-0.25, -0.2) is 9.97 Å². The fourth-order valence-electron chi connectivity index (χ4n) is 2.52. The van der Waals surface area contributed by atoms with Crippen LogP contribution in [0, 0.1) is 17.8 Å². The van der Waals surface area contributed by atoms with E-state index in [0.717, 1.165) is 18.4 Å². The molecule has 2 aromatic heterocycles. The molecule has 2 aromatic rings. The molecule has 7 heteroatoms. The number of hydrogen-bond donors (Lipinski definition) is 2. The maximum atomic E-state index is 13.4. The van der Waals surface area contributed by atoms with E-state index in [2.05, 4.69) is 28.7 Å². The first-order chi connectivity index (χ1) is 13.0. The molecule has 0 fully saturated rings. The second-order valence-electron chi connectivity index (χ2n) is 5.86. The van der Waals surface area contributed by atoms with Crippen molar-refractivity contribution in [3.63, 3.8) is 0 Å². The smallest absolute Gasteiger partial charge is 0.213 e. The lowest BCUT2D eigenvalue weighted by Crippen LogP contribution is -2.12. The number of pyridine rings is 1. The van der Waals surface area contributed by atoms with Crippen LogP contribution in [-0.4, -0.2) is 28.3 Å². The van der Waals surface area contributed by atoms with Crippen LogP contribution < -0.4 is 11.5 Å². The summed E-state index contributed by atoms with van der Waals surface area (Å²) in [4.78, 5) is 8.16. The van der Waals surface area contributed by atoms with Crippen LogP contribution in [0.4, 0.5) is 4.39 Å². The van der Waals surface area contributed by atoms with E-state index in [1.807, 2.05) is 4.57 Å². The van der Waals surface area contributed by atoms with Crippen LogP contribution >= 0.6 is 0 Å². The maximum Gasteiger partial charge on any atom is 0.213 e. The summed E-state index contributed by atoms with van der Waals surface area (Å²) in [6.07, 6.45) is 6.88. The van der Waals surface area contributed by atoms with Gasteiger partial charge >= 0.3 is 0 Å². The monoisotopic (exact) mass is 369 g/mol. The van der Waals surface area contributed by atoms with E-state index in [9.17, 15) is 4.39 Å². The van der Waals surface area contributed by atoms with Gasteiger partial charge in [0.05, 0.1) is 12.2 Å². The lowest BCUT2D eigenvalue weighted by molar-refractivity contribution is 0.240. The molecule has 0 bridgehead atoms. The minimum Gasteiger partial charge on any atom is -0.400 e. The quantitative estimate of drug-likeness (QED) is 0.445. The lowest BCUT2D eigenvalue weighted by atomic mass is 10.1. The molecular formula is C20H24FN5O. The predicted octanol–water partition coefficient (Wildman–Crippen LogP) is 2.59. The largest absolute Gasteiger partial charge is 0.400 e. The fraction of sp³-hybridized carbons (Fsp3) is 0.300. The van der Waals surface area contributed by atoms with Crippen LogP contribution in [0.1, 0.15) is 19.8 Å². The van der Waals surface area contributed by atoms with E-state index in [0.29, 0.717) is 36.1 Å². The summed E-state index contributed by atoms with van der Waals surface area (Å²) < 4.78 is 20.1. The van der Waals surface area contributed by atoms with Gasteiger partial charge in [0.2, 0.25) is 5.95 Å². The van der Waals surface area contributed by atoms with E-state index in [-0.39, 0.29) is 0 Å². The van der Waals surface area contributed by atoms with Gasteiger partial charge in [-0.2, -0.15) is 4.39 Å². The first-order valence-corrected chi connectivity index (χ1v) is 8.61. The highest BCUT2D eigenvalue weighted by Crippen LogP contribution is 2.18. The summed E-state index contributed by atoms with van der Waals surface area (Å²) >= 11 is 0. The Labute approximate surface area is 158 Å². The molecular weight excluding hydrogens is 345 g/mol. The normalized spacial score (nSPS) is 12.3. The topological polar surface area (TPSA) is 92.0 Å². The molecule has 0 aromatic carbocycles. The minimum absolute atomic E-state index is 0.315. The van der Waals surface area contributed by atoms with Crippen LogP contribution in [0.5, 0.6) is 0 Å². The summed E-state index contributed by atoms with van der Waals surface area (Å²) in [7, 11) is 1.57. The van der Waals surface area contributed by atoms with Crippen LogP contribution in [0.2, 0.25) is 0 Å². The molecule has 0 amide bonds. The van der Waals surface area contributed by atoms with Crippen LogP contribution in [0.25, 0.3) is 11.5 Å². The molecule has 0 atom stereocenters. The number of nitrogens with zero attached hydrogens (tertiary/aromatic N) is 3. The molecule has 0 saturated carbocycles. The van der Waals surface area contributed by atoms with Crippen molar-refractivity contribution in [1.82, 2.24) is 14.5 Å². The number of aromatic nitrogens is 3. The Bertz CT molecular complexity index is 889. The number of allylic oxidation sites excluding steroid dienone is 4. The van der Waals surface area contributed by atoms with Crippen molar-refractivity contribution in [2.45, 2.75) is 26.3 Å². The highest BCUT2D eigenvalue weighted by molar-refractivity contribution is 5.49. The third-order valence-electron chi connectivity index (χ3n) is 3.71. The highest BCUT2D eigenvalue weighted by atomic mass is 19.1. The fourth-order valence-corrected chi connectivity index (χ4v) is 2.52. The van der Waals surface area contributed by atoms with Crippen molar-refractivity contribution in [3.05, 3.63) is 59.6 Å². The Hall–Kier alpha value is -3.11. The third kappa shape index (κ3) is 5.97. The van der Waals surface area contributed by atoms with E-state index < -0.39 is 5.95 Å². The van der Waals surface area contributed by atoms with E-state index in [1.54, 1.807) is 37.7 Å². The zero-order valence-corrected chi connectivity index (χ0v) is 15.6. The van der Waals surface area contributed by atoms with Gasteiger partial charge in [-0.1, -0.05) is 25.3 Å². The van der Waals surface area contributed by atoms with Crippen LogP contribution in [-0.2, 0) is 11.3 Å². The summed E-state index contributed by atoms with van der Waals surface area (Å²) in [6.45, 7) is 2.77. The summed E-state index contributed by atoms with van der Waals surface area (Å²) in [5, 5.41) is 0. The Kier molecular flexibility index (Phi) is 7.59. The zero-order chi connectivity index (χ0) is 19.6. The first kappa shape index (κ1) is 20.2. The van der Waals surface area contributed by atoms with Crippen molar-refractivity contribution in [2.75, 3.05) is 13.7 Å². The Balaban J connectivity index is 2.30. The number of halogens is 1. The lowest BCUT2D eigenvalue weighted by Gasteiger charge is -2.11. The zero-order valence-electron chi connectivity index (χ0n) is 15.6. The molecule has 0 radical (unpaired) electrons. The van der Waals surface area contributed by atoms with Gasteiger partial charge in [-0.05, 0) is 36.1 Å². The minimum atomic E-state index is -0.553. The van der Waals surface area contributed by atoms with Crippen LogP contribution in [0.3, 0.4) is 0 Å². The van der Waals surface area contributed by atoms with Gasteiger partial charge in [0.15, 0.2) is 5.82 Å². The summed E-state index contributed by atoms with van der Waals surface area (Å²) in [5.41, 5.74) is 14.7. The van der Waals surface area contributed by atoms with Gasteiger partial charge in [0, 0.05) is 25.2 Å². The first-order valence-electron chi connectivity index (χ1n) is 8.61. The maximum absolute atomic E-state index is 13.4. The molecule has 142 valence electrons. The Morgan fingerprint density at radius 1 is 1.37 bits per heavy atom. The molecule has 0 aliphatic rings. The molecule has 0 saturated heterocycles. The van der Waals surface area contributed by atoms with Gasteiger partial charge in [-0.15, -0.1) is 0 Å². The molecule has 27 heavy (non-hydrogen) atoms. The summed E-state index contributed by atoms with van der Waals surface area (Å²) in [6, 6.07) is 4.60. The van der Waals surface area contributed by atoms with E-state index in [1.165, 1.54) is 6.07 Å². The van der Waals surface area contributed by atoms with Gasteiger partial charge in [0.1, 0.15) is 12.3 Å². The van der Waals surface area contributed by atoms with Gasteiger partial charge < -0.3 is 20.8 Å². The van der Waals surface area contributed by atoms with Crippen molar-refractivity contribution >= 4 is 0 Å². The molecule has 2 heterocycles. The van der Waals surface area contributed by atoms with Crippen molar-refractivity contribution in [1.29, 1.82) is 0 Å². The Morgan fingerprint density at radius 3 is 2.89 bits per heavy atom. The van der Waals surface area contributed by atoms with Crippen molar-refractivity contribution in [2.24, 2.45) is 11.5 Å². The van der Waals surface area contributed by atoms with Crippen molar-refractivity contribution < 1.29 is 9.13 Å². The molecule has 0 aliphatic carbocycles. The molecule has 0 unspecified atom stereocenters. The Morgan fingerprint density at radius 2 is 2.19 bits per heavy atom. The number of ether oxygens (including phenoxy) is 1. The average Bonchev–Trinajstić information content (AvgIpc) is 3.09. The van der Waals surface area contributed by atoms with Gasteiger partial charge in [0.25, 0.3) is 0 Å². The van der Waals surface area contributed by atoms with Crippen LogP contribution in [0.15, 0.2) is 53.6 Å². The number of nitrogens with two attached hydrogens (primary N) is 2. The second kappa shape index (κ2) is 10.1. The molecule has 4 N–H and O–H groups in total. The number of imidazole rings is 1. The molecule has 6 nitrogen and oxygen atoms in total. The molecule has 0 spiro atoms. The SMILES string of the molecule is CCCC(/C=C(\N)C#CCOC)=C(/N)Cn1ccnc1-c1cccc(F)n1. The third-order valence-corrected chi connectivity index (χ3v) is 3.71. The number of hydrogen-bond acceptors (Lipinski definition) is 5. The average molecular weight is 369 g/mol. The second-order valence-corrected chi connectivity index (χ2v) is 5.86.